The number of fused-ring (bicyclic) bond motifs is 1. The van der Waals surface area contributed by atoms with E-state index in [1.807, 2.05) is 86.6 Å². The Bertz CT molecular complexity index is 1450. The third kappa shape index (κ3) is 5.13. The molecule has 0 heterocycles. The first-order valence-electron chi connectivity index (χ1n) is 10.8. The molecule has 4 aromatic rings. The Hall–Kier alpha value is -4.45. The van der Waals surface area contributed by atoms with Gasteiger partial charge in [0, 0.05) is 11.0 Å². The average Bonchev–Trinajstić information content (AvgIpc) is 2.83. The van der Waals surface area contributed by atoms with Crippen LogP contribution in [0.4, 0.5) is 22.7 Å². The van der Waals surface area contributed by atoms with E-state index in [0.29, 0.717) is 22.7 Å². The Labute approximate surface area is 198 Å². The van der Waals surface area contributed by atoms with Crippen molar-refractivity contribution < 1.29 is 9.53 Å². The number of aryl methyl sites for hydroxylation is 2. The van der Waals surface area contributed by atoms with Gasteiger partial charge in [0.05, 0.1) is 17.1 Å². The van der Waals surface area contributed by atoms with E-state index < -0.39 is 5.97 Å². The maximum absolute atomic E-state index is 12.1. The van der Waals surface area contributed by atoms with Crippen molar-refractivity contribution in [1.82, 2.24) is 0 Å². The van der Waals surface area contributed by atoms with E-state index in [9.17, 15) is 4.79 Å². The van der Waals surface area contributed by atoms with E-state index >= 15 is 0 Å². The molecular formula is C28H24N4O2. The first-order chi connectivity index (χ1) is 16.4. The van der Waals surface area contributed by atoms with Crippen molar-refractivity contribution in [3.05, 3.63) is 102 Å². The quantitative estimate of drug-likeness (QED) is 0.128. The summed E-state index contributed by atoms with van der Waals surface area (Å²) in [5.41, 5.74) is 4.98. The van der Waals surface area contributed by atoms with Crippen molar-refractivity contribution in [3.8, 4) is 5.75 Å². The highest BCUT2D eigenvalue weighted by Crippen LogP contribution is 2.38. The monoisotopic (exact) mass is 448 g/mol. The normalized spacial score (nSPS) is 11.4. The van der Waals surface area contributed by atoms with Gasteiger partial charge in [-0.2, -0.15) is 15.3 Å². The molecule has 0 atom stereocenters. The van der Waals surface area contributed by atoms with Crippen molar-refractivity contribution in [2.45, 2.75) is 20.8 Å². The first-order valence-corrected chi connectivity index (χ1v) is 10.8. The average molecular weight is 449 g/mol. The number of rotatable bonds is 6. The third-order valence-electron chi connectivity index (χ3n) is 5.24. The molecule has 0 saturated carbocycles. The lowest BCUT2D eigenvalue weighted by molar-refractivity contribution is -0.130. The molecule has 0 radical (unpaired) electrons. The molecule has 0 aromatic heterocycles. The molecule has 0 aliphatic carbocycles. The minimum Gasteiger partial charge on any atom is -0.421 e. The van der Waals surface area contributed by atoms with E-state index in [1.54, 1.807) is 13.0 Å². The van der Waals surface area contributed by atoms with E-state index in [0.717, 1.165) is 33.3 Å². The summed E-state index contributed by atoms with van der Waals surface area (Å²) in [5, 5.41) is 19.4. The van der Waals surface area contributed by atoms with Crippen LogP contribution >= 0.6 is 0 Å². The molecule has 0 saturated heterocycles. The summed E-state index contributed by atoms with van der Waals surface area (Å²) in [6, 6.07) is 24.8. The van der Waals surface area contributed by atoms with Crippen LogP contribution in [0.2, 0.25) is 0 Å². The molecule has 6 heteroatoms. The fourth-order valence-electron chi connectivity index (χ4n) is 3.31. The molecular weight excluding hydrogens is 424 g/mol. The summed E-state index contributed by atoms with van der Waals surface area (Å²) in [6.07, 6.45) is 0. The highest BCUT2D eigenvalue weighted by atomic mass is 16.5. The maximum atomic E-state index is 12.1. The Kier molecular flexibility index (Phi) is 6.69. The van der Waals surface area contributed by atoms with Crippen LogP contribution in [0.1, 0.15) is 18.1 Å². The molecule has 0 aliphatic rings. The van der Waals surface area contributed by atoms with Crippen LogP contribution in [0.25, 0.3) is 10.8 Å². The van der Waals surface area contributed by atoms with Crippen LogP contribution in [0.3, 0.4) is 0 Å². The Balaban J connectivity index is 1.65. The molecule has 6 nitrogen and oxygen atoms in total. The summed E-state index contributed by atoms with van der Waals surface area (Å²) < 4.78 is 5.52. The summed E-state index contributed by atoms with van der Waals surface area (Å²) in [6.45, 7) is 9.19. The first kappa shape index (κ1) is 22.7. The number of ether oxygens (including phenoxy) is 1. The van der Waals surface area contributed by atoms with Gasteiger partial charge in [-0.1, -0.05) is 55.1 Å². The largest absolute Gasteiger partial charge is 0.421 e. The molecule has 0 unspecified atom stereocenters. The van der Waals surface area contributed by atoms with Crippen LogP contribution in [0.15, 0.2) is 111 Å². The van der Waals surface area contributed by atoms with Crippen molar-refractivity contribution >= 4 is 39.5 Å². The number of hydrogen-bond acceptors (Lipinski definition) is 6. The topological polar surface area (TPSA) is 75.7 Å². The second-order valence-corrected chi connectivity index (χ2v) is 7.96. The van der Waals surface area contributed by atoms with Crippen molar-refractivity contribution in [3.63, 3.8) is 0 Å². The summed E-state index contributed by atoms with van der Waals surface area (Å²) >= 11 is 0. The van der Waals surface area contributed by atoms with Crippen molar-refractivity contribution in [1.29, 1.82) is 0 Å². The highest BCUT2D eigenvalue weighted by Gasteiger charge is 2.13. The van der Waals surface area contributed by atoms with E-state index in [4.69, 9.17) is 4.74 Å². The van der Waals surface area contributed by atoms with E-state index in [1.165, 1.54) is 0 Å². The lowest BCUT2D eigenvalue weighted by atomic mass is 10.1. The Morgan fingerprint density at radius 1 is 0.765 bits per heavy atom. The zero-order valence-electron chi connectivity index (χ0n) is 19.3. The van der Waals surface area contributed by atoms with Gasteiger partial charge in [-0.15, -0.1) is 5.11 Å². The number of hydrogen-bond donors (Lipinski definition) is 0. The van der Waals surface area contributed by atoms with Gasteiger partial charge in [0.15, 0.2) is 5.75 Å². The predicted octanol–water partition coefficient (Wildman–Crippen LogP) is 8.77. The number of azo groups is 2. The number of esters is 1. The number of carbonyl (C=O) groups excluding carboxylic acids is 1. The highest BCUT2D eigenvalue weighted by molar-refractivity contribution is 5.97. The van der Waals surface area contributed by atoms with Gasteiger partial charge in [-0.25, -0.2) is 4.79 Å². The third-order valence-corrected chi connectivity index (χ3v) is 5.24. The standard InChI is InChI=1S/C28H24N4O2/c1-18(2)28(33)34-26-16-13-21-10-6-7-11-23(21)27(26)32-31-25-15-14-22(17-20(25)4)29-30-24-12-8-5-9-19(24)3/h5-17H,1H2,2-4H3. The summed E-state index contributed by atoms with van der Waals surface area (Å²) in [5.74, 6) is -0.178. The SMILES string of the molecule is C=C(C)C(=O)Oc1ccc2ccccc2c1N=Nc1ccc(N=Nc2ccccc2C)cc1C. The molecule has 0 amide bonds. The molecule has 0 N–H and O–H groups in total. The van der Waals surface area contributed by atoms with Gasteiger partial charge < -0.3 is 4.74 Å². The zero-order valence-corrected chi connectivity index (χ0v) is 19.3. The van der Waals surface area contributed by atoms with Crippen LogP contribution < -0.4 is 4.74 Å². The second kappa shape index (κ2) is 10.0. The smallest absolute Gasteiger partial charge is 0.338 e. The van der Waals surface area contributed by atoms with Gasteiger partial charge in [-0.3, -0.25) is 0 Å². The Morgan fingerprint density at radius 3 is 2.24 bits per heavy atom. The predicted molar refractivity (Wildman–Crippen MR) is 135 cm³/mol. The van der Waals surface area contributed by atoms with Crippen LogP contribution in [-0.4, -0.2) is 5.97 Å². The van der Waals surface area contributed by atoms with Gasteiger partial charge in [0.1, 0.15) is 5.69 Å². The zero-order chi connectivity index (χ0) is 24.1. The Morgan fingerprint density at radius 2 is 1.47 bits per heavy atom. The summed E-state index contributed by atoms with van der Waals surface area (Å²) in [4.78, 5) is 12.1. The lowest BCUT2D eigenvalue weighted by Gasteiger charge is -2.09. The fraction of sp³-hybridized carbons (Fsp3) is 0.107. The molecule has 0 aliphatic heterocycles. The van der Waals surface area contributed by atoms with Crippen LogP contribution in [0, 0.1) is 13.8 Å². The van der Waals surface area contributed by atoms with E-state index in [2.05, 4.69) is 27.0 Å². The minimum atomic E-state index is -0.508. The van der Waals surface area contributed by atoms with Crippen LogP contribution in [0.5, 0.6) is 5.75 Å². The van der Waals surface area contributed by atoms with E-state index in [-0.39, 0.29) is 0 Å². The van der Waals surface area contributed by atoms with Crippen molar-refractivity contribution in [2.24, 2.45) is 20.5 Å². The number of nitrogens with zero attached hydrogens (tertiary/aromatic N) is 4. The molecule has 4 rings (SSSR count). The fourth-order valence-corrected chi connectivity index (χ4v) is 3.31. The lowest BCUT2D eigenvalue weighted by Crippen LogP contribution is -2.08. The maximum Gasteiger partial charge on any atom is 0.338 e. The second-order valence-electron chi connectivity index (χ2n) is 7.96. The molecule has 34 heavy (non-hydrogen) atoms. The molecule has 168 valence electrons. The van der Waals surface area contributed by atoms with Gasteiger partial charge >= 0.3 is 5.97 Å². The molecule has 0 spiro atoms. The van der Waals surface area contributed by atoms with Gasteiger partial charge in [0.2, 0.25) is 0 Å². The van der Waals surface area contributed by atoms with Gasteiger partial charge in [-0.05, 0) is 67.6 Å². The van der Waals surface area contributed by atoms with Crippen molar-refractivity contribution in [2.75, 3.05) is 0 Å². The number of carbonyl (C=O) groups is 1. The molecule has 4 aromatic carbocycles. The summed E-state index contributed by atoms with van der Waals surface area (Å²) in [7, 11) is 0. The molecule has 0 bridgehead atoms. The van der Waals surface area contributed by atoms with Gasteiger partial charge in [0.25, 0.3) is 0 Å². The number of benzene rings is 4. The minimum absolute atomic E-state index is 0.308. The van der Waals surface area contributed by atoms with Crippen LogP contribution in [-0.2, 0) is 4.79 Å². The molecule has 0 fully saturated rings.